The van der Waals surface area contributed by atoms with E-state index in [1.807, 2.05) is 0 Å². The lowest BCUT2D eigenvalue weighted by molar-refractivity contribution is 0.229. The Morgan fingerprint density at radius 3 is 0.780 bits per heavy atom. The fourth-order valence-corrected chi connectivity index (χ4v) is 9.66. The summed E-state index contributed by atoms with van der Waals surface area (Å²) in [4.78, 5) is 110. The molecule has 12 nitrogen and oxygen atoms in total. The minimum Gasteiger partial charge on any atom is -0.271 e. The van der Waals surface area contributed by atoms with Crippen LogP contribution in [0, 0.1) is 0 Å². The number of benzene rings is 2. The molecule has 0 saturated heterocycles. The number of fused-ring (bicyclic) bond motifs is 4. The minimum absolute atomic E-state index is 0.0306. The molecule has 0 aliphatic heterocycles. The van der Waals surface area contributed by atoms with Crippen LogP contribution in [0.5, 0.6) is 0 Å². The van der Waals surface area contributed by atoms with E-state index in [1.54, 1.807) is 0 Å². The summed E-state index contributed by atoms with van der Waals surface area (Å²) in [5.41, 5.74) is -4.33. The largest absolute Gasteiger partial charge is 0.271 e. The average Bonchev–Trinajstić information content (AvgIpc) is 3.73. The molecule has 2 atom stereocenters. The summed E-state index contributed by atoms with van der Waals surface area (Å²) < 4.78 is 4.76. The molecule has 0 radical (unpaired) electrons. The number of hydrogen-bond donors (Lipinski definition) is 0. The molecule has 0 amide bonds. The number of hydrogen-bond acceptors (Lipinski definition) is 8. The Bertz CT molecular complexity index is 2470. The molecule has 9 rings (SSSR count). The van der Waals surface area contributed by atoms with Crippen LogP contribution in [0.25, 0.3) is 43.1 Å². The molecule has 3 saturated carbocycles. The summed E-state index contributed by atoms with van der Waals surface area (Å²) in [5.74, 6) is 0. The van der Waals surface area contributed by atoms with Gasteiger partial charge in [-0.25, -0.2) is 0 Å². The van der Waals surface area contributed by atoms with Crippen LogP contribution in [-0.2, 0) is 0 Å². The zero-order valence-corrected chi connectivity index (χ0v) is 27.6. The summed E-state index contributed by atoms with van der Waals surface area (Å²) >= 11 is 0. The van der Waals surface area contributed by atoms with E-state index < -0.39 is 56.6 Å². The predicted octanol–water partition coefficient (Wildman–Crippen LogP) is 3.51. The van der Waals surface area contributed by atoms with Crippen LogP contribution >= 0.6 is 0 Å². The average molecular weight is 677 g/mol. The van der Waals surface area contributed by atoms with Crippen LogP contribution in [-0.4, -0.2) is 18.3 Å². The fraction of sp³-hybridized carbons (Fsp3) is 0.474. The topological polar surface area (TPSA) is 156 Å². The van der Waals surface area contributed by atoms with Gasteiger partial charge in [0.25, 0.3) is 44.5 Å². The highest BCUT2D eigenvalue weighted by atomic mass is 16.2. The molecular weight excluding hydrogens is 640 g/mol. The van der Waals surface area contributed by atoms with E-state index in [1.165, 1.54) is 33.4 Å². The second-order valence-corrected chi connectivity index (χ2v) is 14.8. The zero-order chi connectivity index (χ0) is 34.6. The number of aromatic nitrogens is 4. The normalized spacial score (nSPS) is 21.4. The lowest BCUT2D eigenvalue weighted by atomic mass is 9.90. The lowest BCUT2D eigenvalue weighted by Crippen LogP contribution is -2.42. The highest BCUT2D eigenvalue weighted by molar-refractivity contribution is 5.99. The summed E-state index contributed by atoms with van der Waals surface area (Å²) in [5, 5.41) is 0.574. The molecule has 3 aliphatic rings. The zero-order valence-electron chi connectivity index (χ0n) is 27.6. The number of rotatable bonds is 4. The third-order valence-electron chi connectivity index (χ3n) is 12.1. The van der Waals surface area contributed by atoms with Gasteiger partial charge in [0.2, 0.25) is 0 Å². The first kappa shape index (κ1) is 31.0. The second-order valence-electron chi connectivity index (χ2n) is 14.8. The molecule has 2 aromatic carbocycles. The van der Waals surface area contributed by atoms with Crippen molar-refractivity contribution in [1.82, 2.24) is 18.3 Å². The molecule has 50 heavy (non-hydrogen) atoms. The van der Waals surface area contributed by atoms with E-state index in [0.29, 0.717) is 25.7 Å². The fourth-order valence-electron chi connectivity index (χ4n) is 9.66. The molecule has 0 N–H and O–H groups in total. The smallest absolute Gasteiger partial charge is 0.261 e. The van der Waals surface area contributed by atoms with Crippen LogP contribution in [0.4, 0.5) is 0 Å². The van der Waals surface area contributed by atoms with E-state index in [4.69, 9.17) is 0 Å². The van der Waals surface area contributed by atoms with E-state index in [9.17, 15) is 38.4 Å². The van der Waals surface area contributed by atoms with E-state index in [0.717, 1.165) is 73.3 Å². The van der Waals surface area contributed by atoms with Gasteiger partial charge in [0.15, 0.2) is 0 Å². The number of nitrogens with zero attached hydrogens (tertiary/aromatic N) is 4. The summed E-state index contributed by atoms with van der Waals surface area (Å²) in [7, 11) is 0. The SMILES string of the molecule is O=c1c2cc3c(=O)n([C@@H]4CCCC[C@H]4n4c(=O)c5cc6c(=O)n(C7CCCCC7)c(=O)c6cc5c4=O)c(=O)c3cc2c(=O)n1C1CCCCC1. The first-order chi connectivity index (χ1) is 24.2. The van der Waals surface area contributed by atoms with E-state index >= 15 is 0 Å². The van der Waals surface area contributed by atoms with Crippen LogP contribution in [0.3, 0.4) is 0 Å². The van der Waals surface area contributed by atoms with Crippen molar-refractivity contribution in [2.75, 3.05) is 0 Å². The Morgan fingerprint density at radius 2 is 0.520 bits per heavy atom. The van der Waals surface area contributed by atoms with Crippen LogP contribution in [0.1, 0.15) is 114 Å². The maximum atomic E-state index is 14.0. The van der Waals surface area contributed by atoms with Gasteiger partial charge in [-0.2, -0.15) is 0 Å². The highest BCUT2D eigenvalue weighted by Gasteiger charge is 2.36. The molecule has 256 valence electrons. The van der Waals surface area contributed by atoms with Gasteiger partial charge >= 0.3 is 0 Å². The quantitative estimate of drug-likeness (QED) is 0.275. The maximum Gasteiger partial charge on any atom is 0.261 e. The van der Waals surface area contributed by atoms with Gasteiger partial charge < -0.3 is 0 Å². The first-order valence-electron chi connectivity index (χ1n) is 18.0. The summed E-state index contributed by atoms with van der Waals surface area (Å²) in [6, 6.07) is 3.36. The molecule has 4 heterocycles. The minimum atomic E-state index is -0.838. The van der Waals surface area contributed by atoms with Gasteiger partial charge in [-0.1, -0.05) is 51.4 Å². The molecule has 3 aliphatic carbocycles. The van der Waals surface area contributed by atoms with Crippen molar-refractivity contribution in [2.24, 2.45) is 0 Å². The van der Waals surface area contributed by atoms with Crippen molar-refractivity contribution >= 4 is 43.1 Å². The van der Waals surface area contributed by atoms with Crippen molar-refractivity contribution in [3.63, 3.8) is 0 Å². The van der Waals surface area contributed by atoms with E-state index in [2.05, 4.69) is 0 Å². The Hall–Kier alpha value is -5.00. The molecule has 12 heteroatoms. The highest BCUT2D eigenvalue weighted by Crippen LogP contribution is 2.36. The molecule has 0 spiro atoms. The lowest BCUT2D eigenvalue weighted by Gasteiger charge is -2.31. The summed E-state index contributed by atoms with van der Waals surface area (Å²) in [6.45, 7) is 0. The molecule has 0 bridgehead atoms. The monoisotopic (exact) mass is 676 g/mol. The van der Waals surface area contributed by atoms with E-state index in [-0.39, 0.29) is 55.2 Å². The first-order valence-corrected chi connectivity index (χ1v) is 18.0. The van der Waals surface area contributed by atoms with Gasteiger partial charge in [-0.15, -0.1) is 0 Å². The van der Waals surface area contributed by atoms with Gasteiger partial charge in [-0.3, -0.25) is 56.6 Å². The van der Waals surface area contributed by atoms with Gasteiger partial charge in [0, 0.05) is 12.1 Å². The van der Waals surface area contributed by atoms with Crippen molar-refractivity contribution < 1.29 is 0 Å². The van der Waals surface area contributed by atoms with Gasteiger partial charge in [0.1, 0.15) is 0 Å². The molecule has 3 fully saturated rings. The third kappa shape index (κ3) is 4.22. The van der Waals surface area contributed by atoms with Crippen molar-refractivity contribution in [3.8, 4) is 0 Å². The Morgan fingerprint density at radius 1 is 0.300 bits per heavy atom. The van der Waals surface area contributed by atoms with Crippen LogP contribution in [0.2, 0.25) is 0 Å². The van der Waals surface area contributed by atoms with Crippen LogP contribution < -0.4 is 44.5 Å². The Balaban J connectivity index is 1.17. The second kappa shape index (κ2) is 11.3. The third-order valence-corrected chi connectivity index (χ3v) is 12.1. The predicted molar refractivity (Wildman–Crippen MR) is 191 cm³/mol. The summed E-state index contributed by atoms with van der Waals surface area (Å²) in [6.07, 6.45) is 10.7. The van der Waals surface area contributed by atoms with Gasteiger partial charge in [0.05, 0.1) is 55.2 Å². The van der Waals surface area contributed by atoms with Crippen molar-refractivity contribution in [1.29, 1.82) is 0 Å². The van der Waals surface area contributed by atoms with Crippen molar-refractivity contribution in [3.05, 3.63) is 107 Å². The molecular formula is C38H36N4O8. The Labute approximate surface area is 282 Å². The molecule has 0 unspecified atom stereocenters. The standard InChI is InChI=1S/C38H36N4O8/c43-31-21-15-25-26(16-22(21)32(44)39(31)19-9-3-1-4-10-19)36(48)41(35(25)47)29-13-7-8-14-30(29)42-37(49)27-17-23-24(18-28(27)38(42)50)34(46)40(33(23)45)20-11-5-2-6-12-20/h15-20,29-30H,1-14H2/t29-,30-/m1/s1. The van der Waals surface area contributed by atoms with Crippen LogP contribution in [0.15, 0.2) is 62.6 Å². The van der Waals surface area contributed by atoms with Gasteiger partial charge in [-0.05, 0) is 62.8 Å². The molecule has 6 aromatic rings. The van der Waals surface area contributed by atoms with Crippen molar-refractivity contribution in [2.45, 2.75) is 114 Å². The maximum absolute atomic E-state index is 14.0. The Kier molecular flexibility index (Phi) is 6.98. The molecule has 4 aromatic heterocycles.